The zero-order valence-electron chi connectivity index (χ0n) is 23.6. The molecule has 0 bridgehead atoms. The molecule has 39 heavy (non-hydrogen) atoms. The lowest BCUT2D eigenvalue weighted by Gasteiger charge is -2.36. The maximum Gasteiger partial charge on any atom is 0.410 e. The molecule has 0 atom stereocenters. The molecule has 0 unspecified atom stereocenters. The van der Waals surface area contributed by atoms with Crippen LogP contribution in [0.2, 0.25) is 0 Å². The minimum Gasteiger partial charge on any atom is -0.444 e. The fourth-order valence-electron chi connectivity index (χ4n) is 4.33. The van der Waals surface area contributed by atoms with Gasteiger partial charge in [0.1, 0.15) is 11.4 Å². The average Bonchev–Trinajstić information content (AvgIpc) is 2.93. The molecule has 0 radical (unpaired) electrons. The summed E-state index contributed by atoms with van der Waals surface area (Å²) in [6.45, 7) is 10.3. The fraction of sp³-hybridized carbons (Fsp3) is 0.448. The van der Waals surface area contributed by atoms with Gasteiger partial charge in [0.05, 0.1) is 5.69 Å². The van der Waals surface area contributed by atoms with E-state index in [-0.39, 0.29) is 6.09 Å². The van der Waals surface area contributed by atoms with E-state index in [4.69, 9.17) is 9.72 Å². The lowest BCUT2D eigenvalue weighted by Crippen LogP contribution is -2.50. The van der Waals surface area contributed by atoms with Crippen molar-refractivity contribution in [3.8, 4) is 11.3 Å². The van der Waals surface area contributed by atoms with Gasteiger partial charge in [-0.1, -0.05) is 6.07 Å². The van der Waals surface area contributed by atoms with Crippen LogP contribution in [-0.2, 0) is 4.74 Å². The first-order valence-corrected chi connectivity index (χ1v) is 13.5. The molecule has 0 spiro atoms. The van der Waals surface area contributed by atoms with Crippen LogP contribution in [0.1, 0.15) is 27.2 Å². The van der Waals surface area contributed by atoms with E-state index in [1.54, 1.807) is 11.1 Å². The number of anilines is 4. The molecule has 4 rings (SSSR count). The van der Waals surface area contributed by atoms with Gasteiger partial charge in [-0.25, -0.2) is 19.7 Å². The number of rotatable bonds is 9. The van der Waals surface area contributed by atoms with E-state index < -0.39 is 5.60 Å². The van der Waals surface area contributed by atoms with E-state index in [0.29, 0.717) is 19.0 Å². The summed E-state index contributed by atoms with van der Waals surface area (Å²) in [6, 6.07) is 14.1. The molecule has 1 aromatic carbocycles. The number of pyridine rings is 1. The number of carbonyl (C=O) groups excluding carboxylic acids is 1. The summed E-state index contributed by atoms with van der Waals surface area (Å²) in [6.07, 6.45) is 4.41. The Morgan fingerprint density at radius 3 is 2.56 bits per heavy atom. The smallest absolute Gasteiger partial charge is 0.410 e. The van der Waals surface area contributed by atoms with Crippen molar-refractivity contribution < 1.29 is 9.53 Å². The number of hydrogen-bond acceptors (Lipinski definition) is 9. The molecule has 1 saturated heterocycles. The van der Waals surface area contributed by atoms with Crippen molar-refractivity contribution in [1.29, 1.82) is 0 Å². The second kappa shape index (κ2) is 12.8. The third-order valence-electron chi connectivity index (χ3n) is 6.41. The Balaban J connectivity index is 1.37. The molecule has 208 valence electrons. The molecule has 1 fully saturated rings. The number of ether oxygens (including phenoxy) is 1. The van der Waals surface area contributed by atoms with Gasteiger partial charge in [0.25, 0.3) is 0 Å². The first kappa shape index (κ1) is 28.1. The summed E-state index contributed by atoms with van der Waals surface area (Å²) < 4.78 is 5.52. The van der Waals surface area contributed by atoms with Gasteiger partial charge in [-0.3, -0.25) is 0 Å². The minimum absolute atomic E-state index is 0.254. The second-order valence-corrected chi connectivity index (χ2v) is 10.7. The standard InChI is InChI=1S/C29H40N8O2/c1-29(2,3)39-28(38)37-18-16-36(17-19-37)24-9-6-8-23(20-24)33-27-31-14-12-25(34-27)22-10-11-26(32-21-22)35(5)15-7-13-30-4/h6,8-12,14,20-21,30H,7,13,15-19H2,1-5H3,(H,31,33,34). The van der Waals surface area contributed by atoms with Crippen molar-refractivity contribution in [3.63, 3.8) is 0 Å². The molecular weight excluding hydrogens is 492 g/mol. The average molecular weight is 533 g/mol. The first-order chi connectivity index (χ1) is 18.7. The Morgan fingerprint density at radius 2 is 1.87 bits per heavy atom. The molecule has 2 aromatic heterocycles. The van der Waals surface area contributed by atoms with Crippen molar-refractivity contribution in [2.75, 3.05) is 68.5 Å². The quantitative estimate of drug-likeness (QED) is 0.389. The maximum atomic E-state index is 12.4. The lowest BCUT2D eigenvalue weighted by molar-refractivity contribution is 0.0240. The van der Waals surface area contributed by atoms with E-state index >= 15 is 0 Å². The van der Waals surface area contributed by atoms with Crippen molar-refractivity contribution in [2.24, 2.45) is 0 Å². The molecule has 2 N–H and O–H groups in total. The van der Waals surface area contributed by atoms with Crippen LogP contribution in [0.5, 0.6) is 0 Å². The van der Waals surface area contributed by atoms with Crippen LogP contribution in [0.3, 0.4) is 0 Å². The molecule has 0 saturated carbocycles. The summed E-state index contributed by atoms with van der Waals surface area (Å²) in [7, 11) is 4.02. The maximum absolute atomic E-state index is 12.4. The van der Waals surface area contributed by atoms with Crippen LogP contribution in [-0.4, -0.2) is 84.9 Å². The summed E-state index contributed by atoms with van der Waals surface area (Å²) >= 11 is 0. The van der Waals surface area contributed by atoms with Gasteiger partial charge in [-0.2, -0.15) is 0 Å². The minimum atomic E-state index is -0.490. The summed E-state index contributed by atoms with van der Waals surface area (Å²) in [4.78, 5) is 32.4. The highest BCUT2D eigenvalue weighted by Crippen LogP contribution is 2.25. The zero-order valence-corrected chi connectivity index (χ0v) is 23.6. The van der Waals surface area contributed by atoms with E-state index in [0.717, 1.165) is 61.0 Å². The normalized spacial score (nSPS) is 13.8. The number of aromatic nitrogens is 3. The monoisotopic (exact) mass is 532 g/mol. The predicted octanol–water partition coefficient (Wildman–Crippen LogP) is 4.39. The van der Waals surface area contributed by atoms with Crippen LogP contribution < -0.4 is 20.4 Å². The third kappa shape index (κ3) is 8.03. The van der Waals surface area contributed by atoms with Gasteiger partial charge in [-0.15, -0.1) is 0 Å². The van der Waals surface area contributed by atoms with Gasteiger partial charge in [0.2, 0.25) is 5.95 Å². The SMILES string of the molecule is CNCCCN(C)c1ccc(-c2ccnc(Nc3cccc(N4CCN(C(=O)OC(C)(C)C)CC4)c3)n2)cn1. The van der Waals surface area contributed by atoms with Gasteiger partial charge in [-0.05, 0) is 77.2 Å². The van der Waals surface area contributed by atoms with Crippen LogP contribution in [0.4, 0.5) is 27.9 Å². The van der Waals surface area contributed by atoms with E-state index in [2.05, 4.69) is 49.6 Å². The Hall–Kier alpha value is -3.92. The molecule has 1 aliphatic rings. The Morgan fingerprint density at radius 1 is 1.08 bits per heavy atom. The zero-order chi connectivity index (χ0) is 27.8. The molecule has 1 amide bonds. The number of nitrogens with one attached hydrogen (secondary N) is 2. The second-order valence-electron chi connectivity index (χ2n) is 10.7. The van der Waals surface area contributed by atoms with E-state index in [1.165, 1.54) is 0 Å². The highest BCUT2D eigenvalue weighted by molar-refractivity contribution is 5.69. The molecule has 10 heteroatoms. The van der Waals surface area contributed by atoms with Gasteiger partial charge < -0.3 is 30.1 Å². The molecule has 3 heterocycles. The first-order valence-electron chi connectivity index (χ1n) is 13.5. The van der Waals surface area contributed by atoms with Crippen molar-refractivity contribution >= 4 is 29.2 Å². The predicted molar refractivity (Wildman–Crippen MR) is 157 cm³/mol. The lowest BCUT2D eigenvalue weighted by atomic mass is 10.2. The highest BCUT2D eigenvalue weighted by atomic mass is 16.6. The topological polar surface area (TPSA) is 98.8 Å². The van der Waals surface area contributed by atoms with Gasteiger partial charge in [0, 0.05) is 69.1 Å². The van der Waals surface area contributed by atoms with Crippen LogP contribution in [0.25, 0.3) is 11.3 Å². The number of benzene rings is 1. The van der Waals surface area contributed by atoms with Crippen molar-refractivity contribution in [2.45, 2.75) is 32.8 Å². The van der Waals surface area contributed by atoms with E-state index in [1.807, 2.05) is 64.3 Å². The summed E-state index contributed by atoms with van der Waals surface area (Å²) in [5.41, 5.74) is 3.23. The number of amides is 1. The molecule has 1 aliphatic heterocycles. The van der Waals surface area contributed by atoms with Crippen molar-refractivity contribution in [3.05, 3.63) is 54.9 Å². The number of nitrogens with zero attached hydrogens (tertiary/aromatic N) is 6. The third-order valence-corrected chi connectivity index (χ3v) is 6.41. The largest absolute Gasteiger partial charge is 0.444 e. The van der Waals surface area contributed by atoms with E-state index in [9.17, 15) is 4.79 Å². The van der Waals surface area contributed by atoms with Crippen LogP contribution in [0, 0.1) is 0 Å². The van der Waals surface area contributed by atoms with Crippen LogP contribution >= 0.6 is 0 Å². The Kier molecular flexibility index (Phi) is 9.19. The summed E-state index contributed by atoms with van der Waals surface area (Å²) in [5.74, 6) is 1.46. The van der Waals surface area contributed by atoms with Crippen LogP contribution in [0.15, 0.2) is 54.9 Å². The molecule has 0 aliphatic carbocycles. The highest BCUT2D eigenvalue weighted by Gasteiger charge is 2.26. The number of piperazine rings is 1. The fourth-order valence-corrected chi connectivity index (χ4v) is 4.33. The Bertz CT molecular complexity index is 1220. The molecular formula is C29H40N8O2. The molecule has 10 nitrogen and oxygen atoms in total. The number of hydrogen-bond donors (Lipinski definition) is 2. The van der Waals surface area contributed by atoms with Gasteiger partial charge >= 0.3 is 6.09 Å². The van der Waals surface area contributed by atoms with Crippen molar-refractivity contribution in [1.82, 2.24) is 25.2 Å². The van der Waals surface area contributed by atoms with Gasteiger partial charge in [0.15, 0.2) is 0 Å². The Labute approximate surface area is 231 Å². The summed E-state index contributed by atoms with van der Waals surface area (Å²) in [5, 5.41) is 6.51. The number of carbonyl (C=O) groups is 1. The molecule has 3 aromatic rings.